The minimum absolute atomic E-state index is 0.0566. The van der Waals surface area contributed by atoms with E-state index < -0.39 is 0 Å². The van der Waals surface area contributed by atoms with Gasteiger partial charge in [0, 0.05) is 18.8 Å². The predicted molar refractivity (Wildman–Crippen MR) is 84.9 cm³/mol. The number of hydrogen-bond acceptors (Lipinski definition) is 3. The second-order valence-corrected chi connectivity index (χ2v) is 7.18. The van der Waals surface area contributed by atoms with Crippen molar-refractivity contribution in [2.24, 2.45) is 0 Å². The summed E-state index contributed by atoms with van der Waals surface area (Å²) in [6.07, 6.45) is 2.25. The maximum Gasteiger partial charge on any atom is 0.0760 e. The molecular weight excluding hydrogens is 248 g/mol. The van der Waals surface area contributed by atoms with Crippen LogP contribution in [0.3, 0.4) is 0 Å². The van der Waals surface area contributed by atoms with Crippen LogP contribution < -0.4 is 5.73 Å². The first kappa shape index (κ1) is 15.3. The van der Waals surface area contributed by atoms with Gasteiger partial charge in [-0.15, -0.1) is 0 Å². The largest absolute Gasteiger partial charge is 0.399 e. The van der Waals surface area contributed by atoms with Crippen LogP contribution in [0.5, 0.6) is 0 Å². The second kappa shape index (κ2) is 5.74. The Hall–Kier alpha value is -1.06. The van der Waals surface area contributed by atoms with Gasteiger partial charge in [0.25, 0.3) is 0 Å². The molecule has 0 atom stereocenters. The lowest BCUT2D eigenvalue weighted by Crippen LogP contribution is -2.57. The summed E-state index contributed by atoms with van der Waals surface area (Å²) in [6.45, 7) is 11.8. The molecule has 112 valence electrons. The molecule has 1 aromatic carbocycles. The van der Waals surface area contributed by atoms with Gasteiger partial charge >= 0.3 is 0 Å². The lowest BCUT2D eigenvalue weighted by atomic mass is 9.98. The molecule has 0 aliphatic carbocycles. The number of ether oxygens (including phenoxy) is 1. The van der Waals surface area contributed by atoms with Gasteiger partial charge in [0.2, 0.25) is 0 Å². The molecule has 1 aliphatic rings. The number of nitrogens with two attached hydrogens (primary N) is 1. The van der Waals surface area contributed by atoms with Crippen LogP contribution in [0.1, 0.15) is 39.7 Å². The van der Waals surface area contributed by atoms with E-state index >= 15 is 0 Å². The third-order valence-corrected chi connectivity index (χ3v) is 3.65. The Bertz CT molecular complexity index is 438. The Balaban J connectivity index is 1.84. The lowest BCUT2D eigenvalue weighted by Gasteiger charge is -2.47. The zero-order chi connectivity index (χ0) is 14.8. The summed E-state index contributed by atoms with van der Waals surface area (Å²) in [5.74, 6) is 0. The minimum atomic E-state index is -0.0566. The second-order valence-electron chi connectivity index (χ2n) is 7.18. The molecule has 2 N–H and O–H groups in total. The highest BCUT2D eigenvalue weighted by Gasteiger charge is 2.37. The summed E-state index contributed by atoms with van der Waals surface area (Å²) in [7, 11) is 0. The normalized spacial score (nSPS) is 21.8. The molecular formula is C17H28N2O. The molecule has 2 rings (SSSR count). The smallest absolute Gasteiger partial charge is 0.0760 e. The highest BCUT2D eigenvalue weighted by molar-refractivity contribution is 5.40. The van der Waals surface area contributed by atoms with Crippen molar-refractivity contribution in [1.29, 1.82) is 0 Å². The predicted octanol–water partition coefficient (Wildman–Crippen LogP) is 3.09. The van der Waals surface area contributed by atoms with E-state index in [1.807, 2.05) is 12.1 Å². The average molecular weight is 276 g/mol. The van der Waals surface area contributed by atoms with Crippen molar-refractivity contribution in [3.05, 3.63) is 29.8 Å². The molecule has 0 bridgehead atoms. The van der Waals surface area contributed by atoms with Crippen LogP contribution in [-0.2, 0) is 11.2 Å². The van der Waals surface area contributed by atoms with Crippen LogP contribution in [0.4, 0.5) is 5.69 Å². The Morgan fingerprint density at radius 3 is 2.40 bits per heavy atom. The topological polar surface area (TPSA) is 38.5 Å². The molecule has 3 heteroatoms. The molecule has 20 heavy (non-hydrogen) atoms. The number of nitrogen functional groups attached to an aromatic ring is 1. The highest BCUT2D eigenvalue weighted by atomic mass is 16.5. The zero-order valence-corrected chi connectivity index (χ0v) is 13.3. The molecule has 1 fully saturated rings. The van der Waals surface area contributed by atoms with Crippen LogP contribution in [0.2, 0.25) is 0 Å². The minimum Gasteiger partial charge on any atom is -0.399 e. The van der Waals surface area contributed by atoms with Gasteiger partial charge in [-0.2, -0.15) is 0 Å². The summed E-state index contributed by atoms with van der Waals surface area (Å²) in [5, 5.41) is 0. The Morgan fingerprint density at radius 2 is 1.80 bits per heavy atom. The fourth-order valence-corrected chi connectivity index (χ4v) is 3.36. The van der Waals surface area contributed by atoms with Crippen molar-refractivity contribution in [3.8, 4) is 0 Å². The van der Waals surface area contributed by atoms with E-state index in [-0.39, 0.29) is 11.2 Å². The van der Waals surface area contributed by atoms with Crippen molar-refractivity contribution in [2.75, 3.05) is 25.4 Å². The Labute approximate surface area is 123 Å². The van der Waals surface area contributed by atoms with Crippen molar-refractivity contribution in [2.45, 2.75) is 51.7 Å². The average Bonchev–Trinajstić information content (AvgIpc) is 2.24. The number of benzene rings is 1. The van der Waals surface area contributed by atoms with E-state index in [0.29, 0.717) is 0 Å². The van der Waals surface area contributed by atoms with Crippen LogP contribution in [0, 0.1) is 0 Å². The maximum absolute atomic E-state index is 6.11. The van der Waals surface area contributed by atoms with E-state index in [9.17, 15) is 0 Å². The summed E-state index contributed by atoms with van der Waals surface area (Å²) in [5.41, 5.74) is 7.89. The molecule has 0 radical (unpaired) electrons. The van der Waals surface area contributed by atoms with Gasteiger partial charge in [0.1, 0.15) is 0 Å². The SMILES string of the molecule is CC1(C)CN(CCCc2cccc(N)c2)CC(C)(C)O1. The third-order valence-electron chi connectivity index (χ3n) is 3.65. The van der Waals surface area contributed by atoms with Gasteiger partial charge in [-0.05, 0) is 64.8 Å². The molecule has 0 aromatic heterocycles. The van der Waals surface area contributed by atoms with Gasteiger partial charge in [-0.3, -0.25) is 4.90 Å². The lowest BCUT2D eigenvalue weighted by molar-refractivity contribution is -0.180. The quantitative estimate of drug-likeness (QED) is 0.859. The first-order valence-electron chi connectivity index (χ1n) is 7.53. The number of nitrogens with zero attached hydrogens (tertiary/aromatic N) is 1. The van der Waals surface area contributed by atoms with Crippen LogP contribution in [-0.4, -0.2) is 35.7 Å². The highest BCUT2D eigenvalue weighted by Crippen LogP contribution is 2.28. The van der Waals surface area contributed by atoms with Gasteiger partial charge in [0.05, 0.1) is 11.2 Å². The first-order chi connectivity index (χ1) is 9.26. The molecule has 1 heterocycles. The first-order valence-corrected chi connectivity index (χ1v) is 7.53. The molecule has 0 amide bonds. The van der Waals surface area contributed by atoms with Gasteiger partial charge in [0.15, 0.2) is 0 Å². The Morgan fingerprint density at radius 1 is 1.15 bits per heavy atom. The Kier molecular flexibility index (Phi) is 4.40. The van der Waals surface area contributed by atoms with Crippen LogP contribution >= 0.6 is 0 Å². The van der Waals surface area contributed by atoms with Crippen molar-refractivity contribution in [1.82, 2.24) is 4.90 Å². The monoisotopic (exact) mass is 276 g/mol. The van der Waals surface area contributed by atoms with Gasteiger partial charge in [-0.1, -0.05) is 12.1 Å². The number of rotatable bonds is 4. The molecule has 1 aliphatic heterocycles. The number of morpholine rings is 1. The molecule has 0 unspecified atom stereocenters. The summed E-state index contributed by atoms with van der Waals surface area (Å²) < 4.78 is 6.11. The molecule has 1 aromatic rings. The molecule has 1 saturated heterocycles. The van der Waals surface area contributed by atoms with E-state index in [4.69, 9.17) is 10.5 Å². The molecule has 0 saturated carbocycles. The molecule has 0 spiro atoms. The fraction of sp³-hybridized carbons (Fsp3) is 0.647. The number of hydrogen-bond donors (Lipinski definition) is 1. The summed E-state index contributed by atoms with van der Waals surface area (Å²) in [6, 6.07) is 8.21. The van der Waals surface area contributed by atoms with E-state index in [2.05, 4.69) is 44.7 Å². The van der Waals surface area contributed by atoms with Crippen LogP contribution in [0.15, 0.2) is 24.3 Å². The number of anilines is 1. The summed E-state index contributed by atoms with van der Waals surface area (Å²) in [4.78, 5) is 2.52. The van der Waals surface area contributed by atoms with Crippen molar-refractivity contribution < 1.29 is 4.74 Å². The fourth-order valence-electron chi connectivity index (χ4n) is 3.36. The van der Waals surface area contributed by atoms with Crippen LogP contribution in [0.25, 0.3) is 0 Å². The third kappa shape index (κ3) is 4.50. The van der Waals surface area contributed by atoms with E-state index in [1.165, 1.54) is 5.56 Å². The molecule has 3 nitrogen and oxygen atoms in total. The summed E-state index contributed by atoms with van der Waals surface area (Å²) >= 11 is 0. The standard InChI is InChI=1S/C17H28N2O/c1-16(2)12-19(13-17(3,4)20-16)10-6-8-14-7-5-9-15(18)11-14/h5,7,9,11H,6,8,10,12-13,18H2,1-4H3. The van der Waals surface area contributed by atoms with Gasteiger partial charge < -0.3 is 10.5 Å². The van der Waals surface area contributed by atoms with E-state index in [0.717, 1.165) is 38.2 Å². The number of aryl methyl sites for hydroxylation is 1. The van der Waals surface area contributed by atoms with Crippen molar-refractivity contribution in [3.63, 3.8) is 0 Å². The zero-order valence-electron chi connectivity index (χ0n) is 13.3. The maximum atomic E-state index is 6.11. The van der Waals surface area contributed by atoms with E-state index in [1.54, 1.807) is 0 Å². The van der Waals surface area contributed by atoms with Gasteiger partial charge in [-0.25, -0.2) is 0 Å². The van der Waals surface area contributed by atoms with Crippen molar-refractivity contribution >= 4 is 5.69 Å².